The smallest absolute Gasteiger partial charge is 0.125 e. The first-order valence-corrected chi connectivity index (χ1v) is 17.2. The Morgan fingerprint density at radius 1 is 0.294 bits per heavy atom. The van der Waals surface area contributed by atoms with Crippen molar-refractivity contribution >= 4 is 66.4 Å². The molecule has 0 aliphatic rings. The second-order valence-electron chi connectivity index (χ2n) is 12.8. The second kappa shape index (κ2) is 12.9. The molecule has 0 radical (unpaired) electrons. The molecule has 3 heteroatoms. The Bertz CT molecular complexity index is 2670. The van der Waals surface area contributed by atoms with Gasteiger partial charge in [-0.1, -0.05) is 127 Å². The molecule has 0 bridgehead atoms. The fourth-order valence-corrected chi connectivity index (χ4v) is 7.26. The molecule has 51 heavy (non-hydrogen) atoms. The third kappa shape index (κ3) is 5.61. The standard InChI is InChI=1S/C48H34N2O/c51-48-33-42(49(38-17-3-1-4-18-38)40-25-23-34-13-7-9-15-36(34)31-40)27-28-46(48)44-29-30-47(45-22-12-11-21-43(44)45)50(39-19-5-2-6-20-39)41-26-24-35-14-8-10-16-37(35)32-41/h1-33,51H. The Hall–Kier alpha value is -6.84. The van der Waals surface area contributed by atoms with Gasteiger partial charge in [0.1, 0.15) is 5.75 Å². The quantitative estimate of drug-likeness (QED) is 0.185. The molecule has 0 spiro atoms. The SMILES string of the molecule is Oc1cc(N(c2ccccc2)c2ccc3ccccc3c2)ccc1-c1ccc(N(c2ccccc2)c2ccc3ccccc3c2)c2ccccc12. The number of para-hydroxylation sites is 2. The molecule has 9 aromatic rings. The van der Waals surface area contributed by atoms with E-state index in [9.17, 15) is 5.11 Å². The Kier molecular flexibility index (Phi) is 7.64. The molecule has 0 heterocycles. The van der Waals surface area contributed by atoms with Gasteiger partial charge in [-0.2, -0.15) is 0 Å². The van der Waals surface area contributed by atoms with Gasteiger partial charge in [0.05, 0.1) is 5.69 Å². The van der Waals surface area contributed by atoms with Crippen LogP contribution in [0.3, 0.4) is 0 Å². The molecule has 0 saturated heterocycles. The third-order valence-electron chi connectivity index (χ3n) is 9.68. The van der Waals surface area contributed by atoms with Crippen molar-refractivity contribution in [1.29, 1.82) is 0 Å². The van der Waals surface area contributed by atoms with Crippen molar-refractivity contribution in [3.05, 3.63) is 200 Å². The number of anilines is 6. The molecule has 9 rings (SSSR count). The molecular weight excluding hydrogens is 621 g/mol. The summed E-state index contributed by atoms with van der Waals surface area (Å²) in [6.07, 6.45) is 0. The van der Waals surface area contributed by atoms with E-state index < -0.39 is 0 Å². The van der Waals surface area contributed by atoms with Crippen LogP contribution in [-0.2, 0) is 0 Å². The number of hydrogen-bond donors (Lipinski definition) is 1. The van der Waals surface area contributed by atoms with Crippen molar-refractivity contribution in [2.75, 3.05) is 9.80 Å². The molecule has 1 N–H and O–H groups in total. The van der Waals surface area contributed by atoms with Crippen LogP contribution in [0.25, 0.3) is 43.4 Å². The van der Waals surface area contributed by atoms with Gasteiger partial charge in [0, 0.05) is 45.5 Å². The zero-order chi connectivity index (χ0) is 34.1. The number of aromatic hydroxyl groups is 1. The van der Waals surface area contributed by atoms with Gasteiger partial charge >= 0.3 is 0 Å². The van der Waals surface area contributed by atoms with Crippen LogP contribution in [-0.4, -0.2) is 5.11 Å². The topological polar surface area (TPSA) is 26.7 Å². The molecule has 242 valence electrons. The molecule has 9 aromatic carbocycles. The highest BCUT2D eigenvalue weighted by Gasteiger charge is 2.20. The average Bonchev–Trinajstić information content (AvgIpc) is 3.19. The number of nitrogens with zero attached hydrogens (tertiary/aromatic N) is 2. The summed E-state index contributed by atoms with van der Waals surface area (Å²) in [7, 11) is 0. The van der Waals surface area contributed by atoms with Crippen molar-refractivity contribution in [2.24, 2.45) is 0 Å². The zero-order valence-electron chi connectivity index (χ0n) is 27.9. The van der Waals surface area contributed by atoms with Gasteiger partial charge in [0.15, 0.2) is 0 Å². The maximum absolute atomic E-state index is 11.8. The monoisotopic (exact) mass is 654 g/mol. The molecule has 0 atom stereocenters. The fourth-order valence-electron chi connectivity index (χ4n) is 7.26. The number of phenols is 1. The first-order valence-electron chi connectivity index (χ1n) is 17.2. The van der Waals surface area contributed by atoms with Crippen LogP contribution in [0, 0.1) is 0 Å². The average molecular weight is 655 g/mol. The van der Waals surface area contributed by atoms with Gasteiger partial charge in [-0.3, -0.25) is 0 Å². The van der Waals surface area contributed by atoms with Crippen LogP contribution >= 0.6 is 0 Å². The maximum atomic E-state index is 11.8. The molecule has 0 aromatic heterocycles. The van der Waals surface area contributed by atoms with E-state index in [1.807, 2.05) is 30.3 Å². The van der Waals surface area contributed by atoms with Crippen LogP contribution in [0.1, 0.15) is 0 Å². The predicted octanol–water partition coefficient (Wildman–Crippen LogP) is 13.5. The van der Waals surface area contributed by atoms with E-state index in [-0.39, 0.29) is 5.75 Å². The van der Waals surface area contributed by atoms with Crippen LogP contribution in [0.15, 0.2) is 200 Å². The fraction of sp³-hybridized carbons (Fsp3) is 0. The van der Waals surface area contributed by atoms with Crippen molar-refractivity contribution in [3.63, 3.8) is 0 Å². The predicted molar refractivity (Wildman–Crippen MR) is 215 cm³/mol. The van der Waals surface area contributed by atoms with Gasteiger partial charge in [0.25, 0.3) is 0 Å². The normalized spacial score (nSPS) is 11.2. The van der Waals surface area contributed by atoms with Crippen molar-refractivity contribution in [1.82, 2.24) is 0 Å². The van der Waals surface area contributed by atoms with Crippen LogP contribution in [0.2, 0.25) is 0 Å². The van der Waals surface area contributed by atoms with Crippen molar-refractivity contribution < 1.29 is 5.11 Å². The maximum Gasteiger partial charge on any atom is 0.125 e. The molecular formula is C48H34N2O. The summed E-state index contributed by atoms with van der Waals surface area (Å²) in [6, 6.07) is 69.6. The van der Waals surface area contributed by atoms with E-state index in [1.54, 1.807) is 0 Å². The number of phenolic OH excluding ortho intramolecular Hbond substituents is 1. The van der Waals surface area contributed by atoms with Crippen LogP contribution in [0.5, 0.6) is 5.75 Å². The minimum absolute atomic E-state index is 0.224. The van der Waals surface area contributed by atoms with Crippen molar-refractivity contribution in [3.8, 4) is 16.9 Å². The summed E-state index contributed by atoms with van der Waals surface area (Å²) < 4.78 is 0. The first kappa shape index (κ1) is 30.2. The van der Waals surface area contributed by atoms with E-state index in [0.29, 0.717) is 0 Å². The highest BCUT2D eigenvalue weighted by molar-refractivity contribution is 6.07. The molecule has 0 aliphatic heterocycles. The van der Waals surface area contributed by atoms with E-state index in [2.05, 4.69) is 180 Å². The van der Waals surface area contributed by atoms with E-state index in [1.165, 1.54) is 16.2 Å². The Morgan fingerprint density at radius 2 is 0.745 bits per heavy atom. The largest absolute Gasteiger partial charge is 0.507 e. The van der Waals surface area contributed by atoms with E-state index in [0.717, 1.165) is 61.4 Å². The highest BCUT2D eigenvalue weighted by Crippen LogP contribution is 2.45. The lowest BCUT2D eigenvalue weighted by Gasteiger charge is -2.28. The van der Waals surface area contributed by atoms with E-state index >= 15 is 0 Å². The molecule has 0 saturated carbocycles. The highest BCUT2D eigenvalue weighted by atomic mass is 16.3. The summed E-state index contributed by atoms with van der Waals surface area (Å²) in [5.74, 6) is 0.224. The van der Waals surface area contributed by atoms with Gasteiger partial charge in [0.2, 0.25) is 0 Å². The minimum atomic E-state index is 0.224. The van der Waals surface area contributed by atoms with Crippen LogP contribution in [0.4, 0.5) is 34.1 Å². The van der Waals surface area contributed by atoms with Crippen molar-refractivity contribution in [2.45, 2.75) is 0 Å². The summed E-state index contributed by atoms with van der Waals surface area (Å²) >= 11 is 0. The lowest BCUT2D eigenvalue weighted by Crippen LogP contribution is -2.10. The summed E-state index contributed by atoms with van der Waals surface area (Å²) in [6.45, 7) is 0. The third-order valence-corrected chi connectivity index (χ3v) is 9.68. The summed E-state index contributed by atoms with van der Waals surface area (Å²) in [5.41, 5.74) is 7.91. The second-order valence-corrected chi connectivity index (χ2v) is 12.8. The lowest BCUT2D eigenvalue weighted by atomic mass is 9.95. The van der Waals surface area contributed by atoms with E-state index in [4.69, 9.17) is 0 Å². The van der Waals surface area contributed by atoms with Gasteiger partial charge in [-0.05, 0) is 99.2 Å². The van der Waals surface area contributed by atoms with Crippen LogP contribution < -0.4 is 9.80 Å². The molecule has 0 fully saturated rings. The number of rotatable bonds is 7. The first-order chi connectivity index (χ1) is 25.2. The Balaban J connectivity index is 1.17. The number of hydrogen-bond acceptors (Lipinski definition) is 3. The minimum Gasteiger partial charge on any atom is -0.507 e. The Morgan fingerprint density at radius 3 is 1.35 bits per heavy atom. The van der Waals surface area contributed by atoms with Gasteiger partial charge < -0.3 is 14.9 Å². The number of benzene rings is 9. The lowest BCUT2D eigenvalue weighted by molar-refractivity contribution is 0.477. The number of fused-ring (bicyclic) bond motifs is 3. The van der Waals surface area contributed by atoms with Gasteiger partial charge in [-0.15, -0.1) is 0 Å². The molecule has 0 unspecified atom stereocenters. The Labute approximate surface area is 297 Å². The zero-order valence-corrected chi connectivity index (χ0v) is 27.9. The summed E-state index contributed by atoms with van der Waals surface area (Å²) in [4.78, 5) is 4.52. The molecule has 0 aliphatic carbocycles. The molecule has 3 nitrogen and oxygen atoms in total. The van der Waals surface area contributed by atoms with Gasteiger partial charge in [-0.25, -0.2) is 0 Å². The summed E-state index contributed by atoms with van der Waals surface area (Å²) in [5, 5.41) is 18.7. The molecule has 0 amide bonds.